The van der Waals surface area contributed by atoms with E-state index in [9.17, 15) is 9.18 Å². The Morgan fingerprint density at radius 2 is 2.10 bits per heavy atom. The first-order valence-corrected chi connectivity index (χ1v) is 7.45. The molecular weight excluding hydrogens is 273 g/mol. The van der Waals surface area contributed by atoms with E-state index in [2.05, 4.69) is 0 Å². The molecule has 1 fully saturated rings. The van der Waals surface area contributed by atoms with Gasteiger partial charge in [-0.25, -0.2) is 4.39 Å². The Balaban J connectivity index is 1.85. The molecule has 1 aliphatic rings. The summed E-state index contributed by atoms with van der Waals surface area (Å²) in [6, 6.07) is 5.68. The van der Waals surface area contributed by atoms with Gasteiger partial charge in [-0.2, -0.15) is 0 Å². The Morgan fingerprint density at radius 1 is 1.33 bits per heavy atom. The minimum Gasteiger partial charge on any atom is -0.379 e. The van der Waals surface area contributed by atoms with E-state index in [1.54, 1.807) is 4.90 Å². The third kappa shape index (κ3) is 4.79. The van der Waals surface area contributed by atoms with Crippen molar-refractivity contribution in [2.24, 2.45) is 0 Å². The summed E-state index contributed by atoms with van der Waals surface area (Å²) in [5.41, 5.74) is 0.520. The zero-order chi connectivity index (χ0) is 15.1. The van der Waals surface area contributed by atoms with Crippen molar-refractivity contribution in [2.75, 3.05) is 32.9 Å². The summed E-state index contributed by atoms with van der Waals surface area (Å²) < 4.78 is 23.9. The van der Waals surface area contributed by atoms with Gasteiger partial charge in [-0.15, -0.1) is 0 Å². The largest absolute Gasteiger partial charge is 0.379 e. The lowest BCUT2D eigenvalue weighted by Crippen LogP contribution is -2.43. The van der Waals surface area contributed by atoms with Gasteiger partial charge in [0, 0.05) is 25.3 Å². The lowest BCUT2D eigenvalue weighted by molar-refractivity contribution is -0.0226. The monoisotopic (exact) mass is 295 g/mol. The van der Waals surface area contributed by atoms with Crippen molar-refractivity contribution in [2.45, 2.75) is 25.9 Å². The molecular formula is C16H22FNO3. The zero-order valence-electron chi connectivity index (χ0n) is 12.4. The Hall–Kier alpha value is -1.46. The number of hydrogen-bond acceptors (Lipinski definition) is 3. The smallest absolute Gasteiger partial charge is 0.253 e. The molecule has 116 valence electrons. The molecule has 21 heavy (non-hydrogen) atoms. The van der Waals surface area contributed by atoms with Crippen molar-refractivity contribution >= 4 is 5.91 Å². The molecule has 0 bridgehead atoms. The minimum absolute atomic E-state index is 0.0589. The number of likely N-dealkylation sites (tertiary alicyclic amines) is 1. The third-order valence-electron chi connectivity index (χ3n) is 3.54. The molecule has 5 heteroatoms. The second-order valence-corrected chi connectivity index (χ2v) is 5.09. The number of piperidine rings is 1. The maximum Gasteiger partial charge on any atom is 0.253 e. The lowest BCUT2D eigenvalue weighted by Gasteiger charge is -2.32. The molecule has 1 saturated heterocycles. The van der Waals surface area contributed by atoms with E-state index in [0.29, 0.717) is 31.9 Å². The van der Waals surface area contributed by atoms with Gasteiger partial charge in [0.2, 0.25) is 0 Å². The summed E-state index contributed by atoms with van der Waals surface area (Å²) in [6.07, 6.45) is 1.94. The van der Waals surface area contributed by atoms with Crippen LogP contribution in [-0.2, 0) is 9.47 Å². The van der Waals surface area contributed by atoms with Crippen molar-refractivity contribution in [3.63, 3.8) is 0 Å². The van der Waals surface area contributed by atoms with Gasteiger partial charge < -0.3 is 14.4 Å². The van der Waals surface area contributed by atoms with Crippen LogP contribution in [0.2, 0.25) is 0 Å². The molecule has 1 aromatic rings. The number of benzene rings is 1. The second kappa shape index (κ2) is 8.10. The zero-order valence-corrected chi connectivity index (χ0v) is 12.4. The molecule has 0 radical (unpaired) electrons. The number of nitrogens with zero attached hydrogens (tertiary/aromatic N) is 1. The maximum absolute atomic E-state index is 12.9. The Morgan fingerprint density at radius 3 is 2.81 bits per heavy atom. The van der Waals surface area contributed by atoms with Gasteiger partial charge >= 0.3 is 0 Å². The first-order valence-electron chi connectivity index (χ1n) is 7.45. The fourth-order valence-electron chi connectivity index (χ4n) is 2.45. The van der Waals surface area contributed by atoms with Crippen molar-refractivity contribution < 1.29 is 18.7 Å². The standard InChI is InChI=1S/C16H22FNO3/c1-2-20-10-11-21-15-4-3-9-18(12-15)16(19)13-5-7-14(17)8-6-13/h5-8,15H,2-4,9-12H2,1H3. The molecule has 0 N–H and O–H groups in total. The number of carbonyl (C=O) groups is 1. The summed E-state index contributed by atoms with van der Waals surface area (Å²) in [5, 5.41) is 0. The molecule has 1 heterocycles. The van der Waals surface area contributed by atoms with E-state index in [1.165, 1.54) is 24.3 Å². The molecule has 1 atom stereocenters. The van der Waals surface area contributed by atoms with Crippen LogP contribution in [0.25, 0.3) is 0 Å². The molecule has 0 saturated carbocycles. The van der Waals surface area contributed by atoms with Gasteiger partial charge in [0.1, 0.15) is 5.82 Å². The first-order chi connectivity index (χ1) is 10.2. The molecule has 0 aliphatic carbocycles. The van der Waals surface area contributed by atoms with Crippen molar-refractivity contribution in [3.8, 4) is 0 Å². The fraction of sp³-hybridized carbons (Fsp3) is 0.562. The predicted octanol–water partition coefficient (Wildman–Crippen LogP) is 2.48. The third-order valence-corrected chi connectivity index (χ3v) is 3.54. The van der Waals surface area contributed by atoms with E-state index < -0.39 is 0 Å². The SMILES string of the molecule is CCOCCOC1CCCN(C(=O)c2ccc(F)cc2)C1. The number of ether oxygens (including phenoxy) is 2. The quantitative estimate of drug-likeness (QED) is 0.757. The van der Waals surface area contributed by atoms with E-state index in [0.717, 1.165) is 19.4 Å². The number of halogens is 1. The average Bonchev–Trinajstić information content (AvgIpc) is 2.52. The summed E-state index contributed by atoms with van der Waals surface area (Å²) in [5.74, 6) is -0.393. The highest BCUT2D eigenvalue weighted by Gasteiger charge is 2.24. The maximum atomic E-state index is 12.9. The van der Waals surface area contributed by atoms with Crippen LogP contribution >= 0.6 is 0 Å². The van der Waals surface area contributed by atoms with Gasteiger partial charge in [0.05, 0.1) is 19.3 Å². The van der Waals surface area contributed by atoms with E-state index >= 15 is 0 Å². The van der Waals surface area contributed by atoms with E-state index in [1.807, 2.05) is 6.92 Å². The molecule has 1 unspecified atom stereocenters. The summed E-state index contributed by atoms with van der Waals surface area (Å²) in [6.45, 7) is 5.08. The van der Waals surface area contributed by atoms with E-state index in [4.69, 9.17) is 9.47 Å². The Labute approximate surface area is 124 Å². The number of carbonyl (C=O) groups excluding carboxylic acids is 1. The van der Waals surface area contributed by atoms with Crippen LogP contribution in [0.4, 0.5) is 4.39 Å². The van der Waals surface area contributed by atoms with Crippen molar-refractivity contribution in [3.05, 3.63) is 35.6 Å². The minimum atomic E-state index is -0.331. The van der Waals surface area contributed by atoms with Gasteiger partial charge in [-0.1, -0.05) is 0 Å². The summed E-state index contributed by atoms with van der Waals surface area (Å²) in [7, 11) is 0. The second-order valence-electron chi connectivity index (χ2n) is 5.09. The van der Waals surface area contributed by atoms with Crippen molar-refractivity contribution in [1.29, 1.82) is 0 Å². The highest BCUT2D eigenvalue weighted by molar-refractivity contribution is 5.94. The van der Waals surface area contributed by atoms with Gasteiger partial charge in [-0.3, -0.25) is 4.79 Å². The molecule has 1 aliphatic heterocycles. The molecule has 4 nitrogen and oxygen atoms in total. The highest BCUT2D eigenvalue weighted by Crippen LogP contribution is 2.16. The summed E-state index contributed by atoms with van der Waals surface area (Å²) in [4.78, 5) is 14.1. The fourth-order valence-corrected chi connectivity index (χ4v) is 2.45. The molecule has 1 amide bonds. The topological polar surface area (TPSA) is 38.8 Å². The number of amides is 1. The van der Waals surface area contributed by atoms with E-state index in [-0.39, 0.29) is 17.8 Å². The lowest BCUT2D eigenvalue weighted by atomic mass is 10.1. The van der Waals surface area contributed by atoms with Gasteiger partial charge in [-0.05, 0) is 44.0 Å². The predicted molar refractivity (Wildman–Crippen MR) is 77.8 cm³/mol. The van der Waals surface area contributed by atoms with Gasteiger partial charge in [0.25, 0.3) is 5.91 Å². The number of rotatable bonds is 6. The van der Waals surface area contributed by atoms with Crippen LogP contribution in [0.1, 0.15) is 30.1 Å². The van der Waals surface area contributed by atoms with Crippen LogP contribution < -0.4 is 0 Å². The molecule has 2 rings (SSSR count). The highest BCUT2D eigenvalue weighted by atomic mass is 19.1. The Kier molecular flexibility index (Phi) is 6.14. The molecule has 0 aromatic heterocycles. The van der Waals surface area contributed by atoms with Crippen LogP contribution in [0.3, 0.4) is 0 Å². The first kappa shape index (κ1) is 15.9. The average molecular weight is 295 g/mol. The van der Waals surface area contributed by atoms with Gasteiger partial charge in [0.15, 0.2) is 0 Å². The normalized spacial score (nSPS) is 18.8. The molecule has 0 spiro atoms. The van der Waals surface area contributed by atoms with Crippen LogP contribution in [0.15, 0.2) is 24.3 Å². The summed E-state index contributed by atoms with van der Waals surface area (Å²) >= 11 is 0. The van der Waals surface area contributed by atoms with Crippen LogP contribution in [0.5, 0.6) is 0 Å². The van der Waals surface area contributed by atoms with Crippen LogP contribution in [0, 0.1) is 5.82 Å². The number of hydrogen-bond donors (Lipinski definition) is 0. The van der Waals surface area contributed by atoms with Crippen molar-refractivity contribution in [1.82, 2.24) is 4.90 Å². The van der Waals surface area contributed by atoms with Crippen LogP contribution in [-0.4, -0.2) is 49.8 Å². The molecule has 1 aromatic carbocycles. The Bertz CT molecular complexity index is 449.